The SMILES string of the molecule is CC(C)(C)c1ccc(C(Cl)c2c(F)cccc2Br)s1. The van der Waals surface area contributed by atoms with Crippen LogP contribution in [0.3, 0.4) is 0 Å². The lowest BCUT2D eigenvalue weighted by atomic mass is 9.95. The van der Waals surface area contributed by atoms with E-state index in [4.69, 9.17) is 11.6 Å². The van der Waals surface area contributed by atoms with Crippen molar-refractivity contribution in [2.45, 2.75) is 31.6 Å². The summed E-state index contributed by atoms with van der Waals surface area (Å²) < 4.78 is 14.6. The fourth-order valence-electron chi connectivity index (χ4n) is 1.79. The zero-order chi connectivity index (χ0) is 14.2. The average Bonchev–Trinajstić information content (AvgIpc) is 2.77. The molecule has 0 aliphatic heterocycles. The van der Waals surface area contributed by atoms with Crippen molar-refractivity contribution in [2.75, 3.05) is 0 Å². The van der Waals surface area contributed by atoms with E-state index in [0.717, 1.165) is 4.88 Å². The number of rotatable bonds is 2. The highest BCUT2D eigenvalue weighted by molar-refractivity contribution is 9.10. The molecular weight excluding hydrogens is 347 g/mol. The van der Waals surface area contributed by atoms with Crippen LogP contribution in [0.15, 0.2) is 34.8 Å². The summed E-state index contributed by atoms with van der Waals surface area (Å²) in [7, 11) is 0. The maximum absolute atomic E-state index is 13.9. The monoisotopic (exact) mass is 360 g/mol. The number of halogens is 3. The van der Waals surface area contributed by atoms with E-state index in [2.05, 4.69) is 42.8 Å². The third-order valence-electron chi connectivity index (χ3n) is 2.87. The molecule has 0 spiro atoms. The van der Waals surface area contributed by atoms with Crippen molar-refractivity contribution < 1.29 is 4.39 Å². The number of hydrogen-bond donors (Lipinski definition) is 0. The van der Waals surface area contributed by atoms with Gasteiger partial charge in [-0.25, -0.2) is 4.39 Å². The van der Waals surface area contributed by atoms with E-state index in [1.165, 1.54) is 10.9 Å². The van der Waals surface area contributed by atoms with Crippen molar-refractivity contribution in [3.8, 4) is 0 Å². The van der Waals surface area contributed by atoms with Crippen molar-refractivity contribution in [3.05, 3.63) is 55.9 Å². The first kappa shape index (κ1) is 15.0. The van der Waals surface area contributed by atoms with Crippen molar-refractivity contribution in [3.63, 3.8) is 0 Å². The van der Waals surface area contributed by atoms with E-state index in [-0.39, 0.29) is 11.2 Å². The summed E-state index contributed by atoms with van der Waals surface area (Å²) in [6.45, 7) is 6.47. The molecule has 0 N–H and O–H groups in total. The summed E-state index contributed by atoms with van der Waals surface area (Å²) in [6.07, 6.45) is 0. The van der Waals surface area contributed by atoms with E-state index in [9.17, 15) is 4.39 Å². The van der Waals surface area contributed by atoms with Crippen LogP contribution in [0.2, 0.25) is 0 Å². The molecule has 102 valence electrons. The molecule has 0 saturated carbocycles. The Morgan fingerprint density at radius 1 is 1.21 bits per heavy atom. The molecule has 0 fully saturated rings. The summed E-state index contributed by atoms with van der Waals surface area (Å²) in [6, 6.07) is 8.98. The zero-order valence-corrected chi connectivity index (χ0v) is 14.2. The molecule has 0 aliphatic rings. The second-order valence-electron chi connectivity index (χ2n) is 5.45. The van der Waals surface area contributed by atoms with Gasteiger partial charge in [-0.05, 0) is 29.7 Å². The van der Waals surface area contributed by atoms with Crippen molar-refractivity contribution in [2.24, 2.45) is 0 Å². The Kier molecular flexibility index (Phi) is 4.38. The molecule has 1 heterocycles. The fraction of sp³-hybridized carbons (Fsp3) is 0.333. The number of benzene rings is 1. The molecule has 2 rings (SSSR count). The van der Waals surface area contributed by atoms with E-state index in [0.29, 0.717) is 10.0 Å². The Morgan fingerprint density at radius 2 is 1.89 bits per heavy atom. The van der Waals surface area contributed by atoms with Crippen molar-refractivity contribution in [1.29, 1.82) is 0 Å². The molecule has 4 heteroatoms. The van der Waals surface area contributed by atoms with Crippen LogP contribution in [0.1, 0.15) is 41.5 Å². The van der Waals surface area contributed by atoms with Gasteiger partial charge in [-0.1, -0.05) is 42.8 Å². The molecule has 1 aromatic heterocycles. The summed E-state index contributed by atoms with van der Waals surface area (Å²) in [5, 5.41) is -0.461. The Balaban J connectivity index is 2.40. The van der Waals surface area contributed by atoms with Gasteiger partial charge in [0, 0.05) is 19.8 Å². The maximum atomic E-state index is 13.9. The second kappa shape index (κ2) is 5.55. The largest absolute Gasteiger partial charge is 0.207 e. The molecule has 1 aromatic carbocycles. The van der Waals surface area contributed by atoms with Crippen LogP contribution in [0.25, 0.3) is 0 Å². The number of alkyl halides is 1. The minimum atomic E-state index is -0.461. The second-order valence-corrected chi connectivity index (χ2v) is 7.86. The Morgan fingerprint density at radius 3 is 2.42 bits per heavy atom. The van der Waals surface area contributed by atoms with Crippen molar-refractivity contribution in [1.82, 2.24) is 0 Å². The number of thiophene rings is 1. The van der Waals surface area contributed by atoms with Crippen LogP contribution in [-0.4, -0.2) is 0 Å². The molecular formula is C15H15BrClFS. The smallest absolute Gasteiger partial charge is 0.129 e. The van der Waals surface area contributed by atoms with Gasteiger partial charge in [0.1, 0.15) is 5.82 Å². The highest BCUT2D eigenvalue weighted by Crippen LogP contribution is 2.40. The van der Waals surface area contributed by atoms with Gasteiger partial charge >= 0.3 is 0 Å². The first-order chi connectivity index (χ1) is 8.80. The molecule has 0 saturated heterocycles. The van der Waals surface area contributed by atoms with Crippen LogP contribution in [0.4, 0.5) is 4.39 Å². The maximum Gasteiger partial charge on any atom is 0.129 e. The lowest BCUT2D eigenvalue weighted by molar-refractivity contribution is 0.604. The lowest BCUT2D eigenvalue weighted by Crippen LogP contribution is -2.07. The molecule has 1 atom stereocenters. The Hall–Kier alpha value is -0.380. The van der Waals surface area contributed by atoms with Gasteiger partial charge in [0.25, 0.3) is 0 Å². The van der Waals surface area contributed by atoms with Crippen LogP contribution < -0.4 is 0 Å². The topological polar surface area (TPSA) is 0 Å². The molecule has 0 aliphatic carbocycles. The molecule has 0 amide bonds. The lowest BCUT2D eigenvalue weighted by Gasteiger charge is -2.16. The first-order valence-electron chi connectivity index (χ1n) is 5.99. The van der Waals surface area contributed by atoms with Crippen LogP contribution in [0, 0.1) is 5.82 Å². The zero-order valence-electron chi connectivity index (χ0n) is 11.0. The van der Waals surface area contributed by atoms with Crippen LogP contribution in [-0.2, 0) is 5.41 Å². The normalized spacial score (nSPS) is 13.6. The average molecular weight is 362 g/mol. The first-order valence-corrected chi connectivity index (χ1v) is 8.03. The molecule has 0 nitrogen and oxygen atoms in total. The molecule has 1 unspecified atom stereocenters. The van der Waals surface area contributed by atoms with Gasteiger partial charge in [0.05, 0.1) is 5.38 Å². The molecule has 19 heavy (non-hydrogen) atoms. The van der Waals surface area contributed by atoms with Gasteiger partial charge in [-0.3, -0.25) is 0 Å². The van der Waals surface area contributed by atoms with Gasteiger partial charge in [0.2, 0.25) is 0 Å². The van der Waals surface area contributed by atoms with Gasteiger partial charge < -0.3 is 0 Å². The van der Waals surface area contributed by atoms with E-state index in [1.807, 2.05) is 12.1 Å². The van der Waals surface area contributed by atoms with Gasteiger partial charge in [-0.15, -0.1) is 22.9 Å². The summed E-state index contributed by atoms with van der Waals surface area (Å²) in [5.41, 5.74) is 0.595. The van der Waals surface area contributed by atoms with Crippen LogP contribution in [0.5, 0.6) is 0 Å². The highest BCUT2D eigenvalue weighted by Gasteiger charge is 2.22. The van der Waals surface area contributed by atoms with E-state index in [1.54, 1.807) is 17.4 Å². The predicted molar refractivity (Wildman–Crippen MR) is 84.8 cm³/mol. The standard InChI is InChI=1S/C15H15BrClFS/c1-15(2,3)12-8-7-11(19-12)14(17)13-9(16)5-4-6-10(13)18/h4-8,14H,1-3H3. The van der Waals surface area contributed by atoms with Gasteiger partial charge in [-0.2, -0.15) is 0 Å². The molecule has 2 aromatic rings. The minimum Gasteiger partial charge on any atom is -0.207 e. The third kappa shape index (κ3) is 3.21. The minimum absolute atomic E-state index is 0.0893. The van der Waals surface area contributed by atoms with E-state index >= 15 is 0 Å². The van der Waals surface area contributed by atoms with Crippen LogP contribution >= 0.6 is 38.9 Å². The highest BCUT2D eigenvalue weighted by atomic mass is 79.9. The van der Waals surface area contributed by atoms with E-state index < -0.39 is 5.38 Å². The predicted octanol–water partition coefficient (Wildman–Crippen LogP) is 6.28. The number of hydrogen-bond acceptors (Lipinski definition) is 1. The quantitative estimate of drug-likeness (QED) is 0.552. The molecule has 0 bridgehead atoms. The Labute approximate surface area is 130 Å². The Bertz CT molecular complexity index is 566. The summed E-state index contributed by atoms with van der Waals surface area (Å²) in [5.74, 6) is -0.278. The summed E-state index contributed by atoms with van der Waals surface area (Å²) >= 11 is 11.5. The van der Waals surface area contributed by atoms with Crippen molar-refractivity contribution >= 4 is 38.9 Å². The third-order valence-corrected chi connectivity index (χ3v) is 5.72. The van der Waals surface area contributed by atoms with Gasteiger partial charge in [0.15, 0.2) is 0 Å². The fourth-order valence-corrected chi connectivity index (χ4v) is 3.97. The summed E-state index contributed by atoms with van der Waals surface area (Å²) in [4.78, 5) is 2.22. The molecule has 0 radical (unpaired) electrons.